The summed E-state index contributed by atoms with van der Waals surface area (Å²) in [5, 5.41) is 10.9. The van der Waals surface area contributed by atoms with Gasteiger partial charge in [-0.05, 0) is 30.3 Å². The van der Waals surface area contributed by atoms with Gasteiger partial charge < -0.3 is 19.5 Å². The summed E-state index contributed by atoms with van der Waals surface area (Å²) in [5.74, 6) is 0.211. The molecule has 168 valence electrons. The zero-order valence-electron chi connectivity index (χ0n) is 17.9. The van der Waals surface area contributed by atoms with Crippen molar-refractivity contribution in [2.75, 3.05) is 11.9 Å². The monoisotopic (exact) mass is 489 g/mol. The highest BCUT2D eigenvalue weighted by Gasteiger charge is 2.54. The molecule has 0 fully saturated rings. The van der Waals surface area contributed by atoms with E-state index in [2.05, 4.69) is 0 Å². The summed E-state index contributed by atoms with van der Waals surface area (Å²) in [7, 11) is 1.91. The topological polar surface area (TPSA) is 59.0 Å². The van der Waals surface area contributed by atoms with Gasteiger partial charge >= 0.3 is 5.97 Å². The zero-order valence-corrected chi connectivity index (χ0v) is 19.4. The number of hydrogen-bond acceptors (Lipinski definition) is 5. The molecule has 0 aromatic heterocycles. The molecule has 0 aliphatic carbocycles. The Kier molecular flexibility index (Phi) is 4.56. The van der Waals surface area contributed by atoms with Gasteiger partial charge in [0.05, 0.1) is 21.3 Å². The average molecular weight is 490 g/mol. The van der Waals surface area contributed by atoms with Crippen LogP contribution >= 0.6 is 23.2 Å². The second-order valence-corrected chi connectivity index (χ2v) is 9.03. The number of anilines is 2. The summed E-state index contributed by atoms with van der Waals surface area (Å²) >= 11 is 13.1. The first-order chi connectivity index (χ1) is 16.4. The van der Waals surface area contributed by atoms with Crippen molar-refractivity contribution in [1.82, 2.24) is 0 Å². The van der Waals surface area contributed by atoms with Crippen molar-refractivity contribution in [2.45, 2.75) is 5.60 Å². The van der Waals surface area contributed by atoms with Crippen LogP contribution in [0.4, 0.5) is 11.4 Å². The van der Waals surface area contributed by atoms with Gasteiger partial charge in [-0.25, -0.2) is 4.79 Å². The van der Waals surface area contributed by atoms with Crippen LogP contribution in [0, 0.1) is 0 Å². The molecule has 1 spiro atoms. The molecular formula is C27H17Cl2NO4. The highest BCUT2D eigenvalue weighted by Crippen LogP contribution is 2.58. The molecule has 0 amide bonds. The molecule has 0 radical (unpaired) electrons. The molecule has 1 unspecified atom stereocenters. The third-order valence-electron chi connectivity index (χ3n) is 6.35. The maximum Gasteiger partial charge on any atom is 0.340 e. The summed E-state index contributed by atoms with van der Waals surface area (Å²) in [6, 6.07) is 23.6. The number of para-hydroxylation sites is 1. The zero-order chi connectivity index (χ0) is 23.6. The van der Waals surface area contributed by atoms with Gasteiger partial charge in [-0.15, -0.1) is 0 Å². The van der Waals surface area contributed by atoms with E-state index in [1.165, 1.54) is 6.07 Å². The summed E-state index contributed by atoms with van der Waals surface area (Å²) in [6.07, 6.45) is 0. The minimum Gasteiger partial charge on any atom is -0.506 e. The Morgan fingerprint density at radius 1 is 0.824 bits per heavy atom. The molecule has 4 aromatic carbocycles. The second kappa shape index (κ2) is 7.42. The predicted molar refractivity (Wildman–Crippen MR) is 131 cm³/mol. The standard InChI is InChI=1S/C27H17Cl2NO4/c1-30(15-7-3-2-4-8-15)22-13-24-18(11-20(22)28)27(17-10-6-5-9-16(17)26(32)34-27)19-12-21(29)23(31)14-25(19)33-24/h2-14,31H,1H3. The van der Waals surface area contributed by atoms with Crippen molar-refractivity contribution in [2.24, 2.45) is 0 Å². The lowest BCUT2D eigenvalue weighted by Crippen LogP contribution is -2.33. The van der Waals surface area contributed by atoms with Gasteiger partial charge in [0.2, 0.25) is 0 Å². The Bertz CT molecular complexity index is 1490. The summed E-state index contributed by atoms with van der Waals surface area (Å²) < 4.78 is 12.4. The number of carbonyl (C=O) groups excluding carboxylic acids is 1. The predicted octanol–water partition coefficient (Wildman–Crippen LogP) is 7.03. The van der Waals surface area contributed by atoms with E-state index in [1.54, 1.807) is 24.3 Å². The van der Waals surface area contributed by atoms with Crippen molar-refractivity contribution < 1.29 is 19.4 Å². The number of esters is 1. The largest absolute Gasteiger partial charge is 0.506 e. The van der Waals surface area contributed by atoms with E-state index >= 15 is 0 Å². The number of halogens is 2. The molecule has 2 aliphatic rings. The van der Waals surface area contributed by atoms with Crippen molar-refractivity contribution in [3.8, 4) is 17.2 Å². The van der Waals surface area contributed by atoms with E-state index in [4.69, 9.17) is 32.7 Å². The van der Waals surface area contributed by atoms with Crippen molar-refractivity contribution in [3.63, 3.8) is 0 Å². The number of fused-ring (bicyclic) bond motifs is 6. The van der Waals surface area contributed by atoms with Gasteiger partial charge in [0.15, 0.2) is 5.60 Å². The quantitative estimate of drug-likeness (QED) is 0.306. The number of aromatic hydroxyl groups is 1. The van der Waals surface area contributed by atoms with Crippen LogP contribution in [0.15, 0.2) is 78.9 Å². The van der Waals surface area contributed by atoms with Gasteiger partial charge in [-0.1, -0.05) is 59.6 Å². The van der Waals surface area contributed by atoms with E-state index < -0.39 is 11.6 Å². The fourth-order valence-electron chi connectivity index (χ4n) is 4.73. The molecular weight excluding hydrogens is 473 g/mol. The molecule has 0 bridgehead atoms. The Hall–Kier alpha value is -3.67. The maximum absolute atomic E-state index is 13.0. The van der Waals surface area contributed by atoms with Crippen molar-refractivity contribution in [3.05, 3.63) is 111 Å². The molecule has 4 aromatic rings. The number of hydrogen-bond donors (Lipinski definition) is 1. The third-order valence-corrected chi connectivity index (χ3v) is 6.96. The fourth-order valence-corrected chi connectivity index (χ4v) is 5.19. The number of benzene rings is 4. The Balaban J connectivity index is 1.63. The van der Waals surface area contributed by atoms with Crippen LogP contribution in [0.1, 0.15) is 27.0 Å². The highest BCUT2D eigenvalue weighted by molar-refractivity contribution is 6.33. The normalized spacial score (nSPS) is 17.4. The minimum absolute atomic E-state index is 0.122. The van der Waals surface area contributed by atoms with Crippen LogP contribution in [-0.2, 0) is 10.3 Å². The van der Waals surface area contributed by atoms with Gasteiger partial charge in [-0.3, -0.25) is 0 Å². The van der Waals surface area contributed by atoms with Crippen LogP contribution in [0.3, 0.4) is 0 Å². The Morgan fingerprint density at radius 2 is 1.47 bits per heavy atom. The lowest BCUT2D eigenvalue weighted by atomic mass is 9.77. The first-order valence-electron chi connectivity index (χ1n) is 10.6. The number of carbonyl (C=O) groups is 1. The van der Waals surface area contributed by atoms with Gasteiger partial charge in [0.1, 0.15) is 17.2 Å². The van der Waals surface area contributed by atoms with Crippen LogP contribution in [0.25, 0.3) is 0 Å². The lowest BCUT2D eigenvalue weighted by molar-refractivity contribution is 0.0224. The Morgan fingerprint density at radius 3 is 2.24 bits per heavy atom. The SMILES string of the molecule is CN(c1ccccc1)c1cc2c(cc1Cl)C1(OC(=O)c3ccccc31)c1cc(Cl)c(O)cc1O2. The van der Waals surface area contributed by atoms with Gasteiger partial charge in [0, 0.05) is 41.6 Å². The van der Waals surface area contributed by atoms with Crippen LogP contribution in [0.5, 0.6) is 17.2 Å². The summed E-state index contributed by atoms with van der Waals surface area (Å²) in [5.41, 5.74) is 2.54. The molecule has 0 saturated heterocycles. The number of phenols is 1. The number of phenolic OH excluding ortho intramolecular Hbond substituents is 1. The molecule has 2 aliphatic heterocycles. The smallest absolute Gasteiger partial charge is 0.340 e. The van der Waals surface area contributed by atoms with E-state index in [1.807, 2.05) is 60.5 Å². The fraction of sp³-hybridized carbons (Fsp3) is 0.0741. The number of rotatable bonds is 2. The van der Waals surface area contributed by atoms with Crippen LogP contribution in [-0.4, -0.2) is 18.1 Å². The van der Waals surface area contributed by atoms with Crippen molar-refractivity contribution in [1.29, 1.82) is 0 Å². The maximum atomic E-state index is 13.0. The Labute approximate surface area is 205 Å². The second-order valence-electron chi connectivity index (χ2n) is 8.21. The van der Waals surface area contributed by atoms with E-state index in [-0.39, 0.29) is 10.8 Å². The average Bonchev–Trinajstić information content (AvgIpc) is 3.14. The molecule has 1 atom stereocenters. The van der Waals surface area contributed by atoms with E-state index in [0.29, 0.717) is 44.5 Å². The molecule has 7 heteroatoms. The van der Waals surface area contributed by atoms with E-state index in [9.17, 15) is 9.90 Å². The lowest BCUT2D eigenvalue weighted by Gasteiger charge is -2.37. The molecule has 6 rings (SSSR count). The highest BCUT2D eigenvalue weighted by atomic mass is 35.5. The van der Waals surface area contributed by atoms with Crippen LogP contribution < -0.4 is 9.64 Å². The molecule has 1 N–H and O–H groups in total. The summed E-state index contributed by atoms with van der Waals surface area (Å²) in [4.78, 5) is 14.9. The van der Waals surface area contributed by atoms with Crippen molar-refractivity contribution >= 4 is 40.5 Å². The van der Waals surface area contributed by atoms with Gasteiger partial charge in [0.25, 0.3) is 0 Å². The van der Waals surface area contributed by atoms with Gasteiger partial charge in [-0.2, -0.15) is 0 Å². The first-order valence-corrected chi connectivity index (χ1v) is 11.3. The first kappa shape index (κ1) is 20.9. The number of nitrogens with zero attached hydrogens (tertiary/aromatic N) is 1. The number of ether oxygens (including phenoxy) is 2. The minimum atomic E-state index is -1.32. The molecule has 5 nitrogen and oxygen atoms in total. The molecule has 0 saturated carbocycles. The molecule has 34 heavy (non-hydrogen) atoms. The third kappa shape index (κ3) is 2.84. The van der Waals surface area contributed by atoms with Crippen LogP contribution in [0.2, 0.25) is 10.0 Å². The molecule has 2 heterocycles. The van der Waals surface area contributed by atoms with E-state index in [0.717, 1.165) is 5.69 Å². The summed E-state index contributed by atoms with van der Waals surface area (Å²) in [6.45, 7) is 0.